The minimum atomic E-state index is -1.73. The van der Waals surface area contributed by atoms with Crippen molar-refractivity contribution in [2.45, 2.75) is 18.4 Å². The fourth-order valence-electron chi connectivity index (χ4n) is 1.41. The summed E-state index contributed by atoms with van der Waals surface area (Å²) >= 11 is 5.84. The highest BCUT2D eigenvalue weighted by Crippen LogP contribution is 2.32. The molecule has 0 saturated heterocycles. The number of nitrogen functional groups attached to an aromatic ring is 1. The highest BCUT2D eigenvalue weighted by atomic mass is 35.5. The van der Waals surface area contributed by atoms with Gasteiger partial charge in [-0.1, -0.05) is 18.2 Å². The van der Waals surface area contributed by atoms with Gasteiger partial charge in [0.15, 0.2) is 11.9 Å². The number of aliphatic carboxylic acids is 1. The first-order valence-electron chi connectivity index (χ1n) is 4.80. The molecule has 6 heteroatoms. The van der Waals surface area contributed by atoms with E-state index in [1.54, 1.807) is 0 Å². The minimum Gasteiger partial charge on any atom is -0.479 e. The van der Waals surface area contributed by atoms with Crippen molar-refractivity contribution in [3.05, 3.63) is 29.3 Å². The molecule has 2 unspecified atom stereocenters. The highest BCUT2D eigenvalue weighted by molar-refractivity contribution is 6.31. The van der Waals surface area contributed by atoms with Crippen molar-refractivity contribution in [2.75, 3.05) is 5.73 Å². The van der Waals surface area contributed by atoms with Gasteiger partial charge in [0.2, 0.25) is 0 Å². The number of carboxylic acid groups (broad SMARTS) is 1. The number of benzene rings is 1. The monoisotopic (exact) mass is 257 g/mol. The minimum absolute atomic E-state index is 0.0256. The number of rotatable bonds is 4. The second kappa shape index (κ2) is 5.16. The molecular formula is C11H12ClNO4. The van der Waals surface area contributed by atoms with Gasteiger partial charge in [-0.3, -0.25) is 4.79 Å². The molecule has 0 aromatic heterocycles. The van der Waals surface area contributed by atoms with Gasteiger partial charge in [-0.05, 0) is 6.92 Å². The van der Waals surface area contributed by atoms with E-state index < -0.39 is 17.5 Å². The third kappa shape index (κ3) is 2.75. The van der Waals surface area contributed by atoms with E-state index in [4.69, 9.17) is 22.4 Å². The number of carboxylic acids is 1. The van der Waals surface area contributed by atoms with E-state index in [1.807, 2.05) is 0 Å². The summed E-state index contributed by atoms with van der Waals surface area (Å²) in [5.74, 6) is -1.72. The lowest BCUT2D eigenvalue weighted by molar-refractivity contribution is -0.146. The standard InChI is InChI=1S/C11H12ClNO4/c1-5(14)8(12)6-3-2-4-7(9(6)13)10(15)11(16)17/h2-4,8,10,15H,13H2,1H3,(H,16,17). The van der Waals surface area contributed by atoms with Crippen LogP contribution >= 0.6 is 11.6 Å². The van der Waals surface area contributed by atoms with Crippen molar-refractivity contribution in [3.8, 4) is 0 Å². The van der Waals surface area contributed by atoms with Crippen molar-refractivity contribution in [3.63, 3.8) is 0 Å². The van der Waals surface area contributed by atoms with Crippen molar-refractivity contribution < 1.29 is 19.8 Å². The van der Waals surface area contributed by atoms with Crippen LogP contribution in [0.3, 0.4) is 0 Å². The van der Waals surface area contributed by atoms with Crippen LogP contribution in [0.15, 0.2) is 18.2 Å². The van der Waals surface area contributed by atoms with Crippen molar-refractivity contribution in [1.29, 1.82) is 0 Å². The molecule has 1 aromatic carbocycles. The predicted molar refractivity (Wildman–Crippen MR) is 62.7 cm³/mol. The Morgan fingerprint density at radius 3 is 2.35 bits per heavy atom. The molecule has 1 rings (SSSR count). The molecule has 4 N–H and O–H groups in total. The predicted octanol–water partition coefficient (Wildman–Crippen LogP) is 1.26. The Morgan fingerprint density at radius 1 is 1.35 bits per heavy atom. The zero-order valence-corrected chi connectivity index (χ0v) is 9.81. The molecule has 17 heavy (non-hydrogen) atoms. The Morgan fingerprint density at radius 2 is 1.88 bits per heavy atom. The molecule has 2 atom stereocenters. The maximum atomic E-state index is 11.1. The zero-order chi connectivity index (χ0) is 13.2. The van der Waals surface area contributed by atoms with Crippen LogP contribution in [0.25, 0.3) is 0 Å². The number of aliphatic hydroxyl groups is 1. The number of anilines is 1. The average Bonchev–Trinajstić information content (AvgIpc) is 2.27. The summed E-state index contributed by atoms with van der Waals surface area (Å²) in [5, 5.41) is 17.2. The SMILES string of the molecule is CC(=O)C(Cl)c1cccc(C(O)C(=O)O)c1N. The second-order valence-electron chi connectivity index (χ2n) is 3.56. The first kappa shape index (κ1) is 13.5. The Labute approximate surface area is 103 Å². The number of carbonyl (C=O) groups is 2. The van der Waals surface area contributed by atoms with E-state index in [0.717, 1.165) is 0 Å². The molecule has 0 aliphatic heterocycles. The molecule has 92 valence electrons. The van der Waals surface area contributed by atoms with E-state index in [2.05, 4.69) is 0 Å². The number of aliphatic hydroxyl groups excluding tert-OH is 1. The van der Waals surface area contributed by atoms with E-state index in [0.29, 0.717) is 5.56 Å². The van der Waals surface area contributed by atoms with Gasteiger partial charge in [-0.2, -0.15) is 0 Å². The average molecular weight is 258 g/mol. The largest absolute Gasteiger partial charge is 0.479 e. The van der Waals surface area contributed by atoms with E-state index in [-0.39, 0.29) is 17.0 Å². The molecule has 0 amide bonds. The van der Waals surface area contributed by atoms with Crippen LogP contribution < -0.4 is 5.73 Å². The molecule has 0 radical (unpaired) electrons. The van der Waals surface area contributed by atoms with Gasteiger partial charge >= 0.3 is 5.97 Å². The number of carbonyl (C=O) groups excluding carboxylic acids is 1. The highest BCUT2D eigenvalue weighted by Gasteiger charge is 2.23. The van der Waals surface area contributed by atoms with Crippen LogP contribution in [0, 0.1) is 0 Å². The topological polar surface area (TPSA) is 101 Å². The molecule has 0 saturated carbocycles. The summed E-state index contributed by atoms with van der Waals surface area (Å²) in [6, 6.07) is 4.39. The third-order valence-electron chi connectivity index (χ3n) is 2.33. The van der Waals surface area contributed by atoms with Crippen LogP contribution in [-0.2, 0) is 9.59 Å². The van der Waals surface area contributed by atoms with Gasteiger partial charge in [0, 0.05) is 16.8 Å². The lowest BCUT2D eigenvalue weighted by Crippen LogP contribution is -2.15. The number of Topliss-reactive ketones (excluding diaryl/α,β-unsaturated/α-hetero) is 1. The van der Waals surface area contributed by atoms with E-state index in [9.17, 15) is 14.7 Å². The summed E-state index contributed by atoms with van der Waals surface area (Å²) in [6.07, 6.45) is -1.73. The lowest BCUT2D eigenvalue weighted by atomic mass is 9.99. The van der Waals surface area contributed by atoms with Crippen molar-refractivity contribution in [2.24, 2.45) is 0 Å². The molecule has 0 aliphatic carbocycles. The fraction of sp³-hybridized carbons (Fsp3) is 0.273. The number of halogens is 1. The molecule has 0 bridgehead atoms. The summed E-state index contributed by atoms with van der Waals surface area (Å²) in [7, 11) is 0. The quantitative estimate of drug-likeness (QED) is 0.557. The Kier molecular flexibility index (Phi) is 4.09. The van der Waals surface area contributed by atoms with Crippen LogP contribution in [0.5, 0.6) is 0 Å². The maximum absolute atomic E-state index is 11.1. The number of nitrogens with two attached hydrogens (primary N) is 1. The smallest absolute Gasteiger partial charge is 0.337 e. The van der Waals surface area contributed by atoms with Crippen LogP contribution in [0.4, 0.5) is 5.69 Å². The first-order valence-corrected chi connectivity index (χ1v) is 5.23. The van der Waals surface area contributed by atoms with Gasteiger partial charge in [0.25, 0.3) is 0 Å². The van der Waals surface area contributed by atoms with Crippen LogP contribution in [0.1, 0.15) is 29.5 Å². The maximum Gasteiger partial charge on any atom is 0.337 e. The molecular weight excluding hydrogens is 246 g/mol. The van der Waals surface area contributed by atoms with Gasteiger partial charge < -0.3 is 15.9 Å². The van der Waals surface area contributed by atoms with Gasteiger partial charge in [-0.15, -0.1) is 11.6 Å². The van der Waals surface area contributed by atoms with Gasteiger partial charge in [0.1, 0.15) is 5.38 Å². The summed E-state index contributed by atoms with van der Waals surface area (Å²) in [4.78, 5) is 21.8. The number of ketones is 1. The summed E-state index contributed by atoms with van der Waals surface area (Å²) in [6.45, 7) is 1.30. The second-order valence-corrected chi connectivity index (χ2v) is 4.00. The normalized spacial score (nSPS) is 14.1. The Bertz CT molecular complexity index is 423. The summed E-state index contributed by atoms with van der Waals surface area (Å²) < 4.78 is 0. The molecule has 0 aliphatic rings. The Hall–Kier alpha value is -1.59. The first-order chi connectivity index (χ1) is 7.86. The van der Waals surface area contributed by atoms with Gasteiger partial charge in [0.05, 0.1) is 0 Å². The molecule has 5 nitrogen and oxygen atoms in total. The fourth-order valence-corrected chi connectivity index (χ4v) is 1.60. The number of hydrogen-bond acceptors (Lipinski definition) is 4. The number of hydrogen-bond donors (Lipinski definition) is 3. The van der Waals surface area contributed by atoms with Gasteiger partial charge in [-0.25, -0.2) is 4.79 Å². The molecule has 0 heterocycles. The van der Waals surface area contributed by atoms with E-state index in [1.165, 1.54) is 25.1 Å². The van der Waals surface area contributed by atoms with Crippen LogP contribution in [-0.4, -0.2) is 22.0 Å². The van der Waals surface area contributed by atoms with E-state index >= 15 is 0 Å². The molecule has 0 spiro atoms. The third-order valence-corrected chi connectivity index (χ3v) is 2.87. The number of alkyl halides is 1. The molecule has 0 fully saturated rings. The van der Waals surface area contributed by atoms with Crippen molar-refractivity contribution >= 4 is 29.0 Å². The Balaban J connectivity index is 3.25. The zero-order valence-electron chi connectivity index (χ0n) is 9.05. The number of para-hydroxylation sites is 1. The van der Waals surface area contributed by atoms with Crippen molar-refractivity contribution in [1.82, 2.24) is 0 Å². The van der Waals surface area contributed by atoms with Crippen LogP contribution in [0.2, 0.25) is 0 Å². The lowest BCUT2D eigenvalue weighted by Gasteiger charge is -2.15. The molecule has 1 aromatic rings. The summed E-state index contributed by atoms with van der Waals surface area (Å²) in [5.41, 5.74) is 6.06.